The molecular formula is C15H22N2O5S. The van der Waals surface area contributed by atoms with Crippen molar-refractivity contribution in [1.29, 1.82) is 0 Å². The monoisotopic (exact) mass is 342 g/mol. The van der Waals surface area contributed by atoms with E-state index in [1.54, 1.807) is 38.4 Å². The van der Waals surface area contributed by atoms with Gasteiger partial charge in [0.15, 0.2) is 6.10 Å². The molecule has 1 aromatic carbocycles. The number of carbonyl (C=O) groups excluding carboxylic acids is 2. The van der Waals surface area contributed by atoms with Crippen LogP contribution in [-0.4, -0.2) is 58.2 Å². The van der Waals surface area contributed by atoms with Crippen LogP contribution in [0.2, 0.25) is 0 Å². The van der Waals surface area contributed by atoms with Crippen molar-refractivity contribution in [2.75, 3.05) is 26.9 Å². The summed E-state index contributed by atoms with van der Waals surface area (Å²) in [4.78, 5) is 25.0. The second-order valence-corrected chi connectivity index (χ2v) is 7.23. The number of likely N-dealkylation sites (N-methyl/N-ethyl adjacent to an activating group) is 1. The first kappa shape index (κ1) is 19.1. The van der Waals surface area contributed by atoms with Gasteiger partial charge in [0.25, 0.3) is 5.91 Å². The number of rotatable bonds is 7. The molecule has 0 saturated carbocycles. The van der Waals surface area contributed by atoms with Crippen LogP contribution < -0.4 is 4.72 Å². The van der Waals surface area contributed by atoms with Gasteiger partial charge in [-0.05, 0) is 31.0 Å². The predicted octanol–water partition coefficient (Wildman–Crippen LogP) is 0.412. The number of hydrogen-bond acceptors (Lipinski definition) is 5. The average molecular weight is 342 g/mol. The van der Waals surface area contributed by atoms with Gasteiger partial charge in [-0.3, -0.25) is 4.79 Å². The first-order valence-electron chi connectivity index (χ1n) is 7.06. The van der Waals surface area contributed by atoms with Crippen LogP contribution in [0.5, 0.6) is 0 Å². The van der Waals surface area contributed by atoms with Crippen molar-refractivity contribution >= 4 is 21.9 Å². The third-order valence-electron chi connectivity index (χ3n) is 3.04. The Bertz CT molecular complexity index is 653. The highest BCUT2D eigenvalue weighted by Gasteiger charge is 2.20. The Morgan fingerprint density at radius 3 is 2.26 bits per heavy atom. The Balaban J connectivity index is 2.59. The molecule has 0 aliphatic carbocycles. The summed E-state index contributed by atoms with van der Waals surface area (Å²) >= 11 is 0. The zero-order valence-electron chi connectivity index (χ0n) is 13.7. The molecule has 0 aromatic heterocycles. The SMILES string of the molecule is CC(OC(=O)c1ccc(CCNS(C)(=O)=O)cc1)C(=O)N(C)C. The maximum Gasteiger partial charge on any atom is 0.338 e. The summed E-state index contributed by atoms with van der Waals surface area (Å²) in [5.74, 6) is -0.865. The van der Waals surface area contributed by atoms with Gasteiger partial charge < -0.3 is 9.64 Å². The van der Waals surface area contributed by atoms with E-state index in [1.807, 2.05) is 0 Å². The lowest BCUT2D eigenvalue weighted by Gasteiger charge is -2.17. The molecule has 8 heteroatoms. The van der Waals surface area contributed by atoms with Gasteiger partial charge in [-0.1, -0.05) is 12.1 Å². The number of esters is 1. The van der Waals surface area contributed by atoms with Gasteiger partial charge in [0.1, 0.15) is 0 Å². The highest BCUT2D eigenvalue weighted by atomic mass is 32.2. The molecule has 1 aromatic rings. The van der Waals surface area contributed by atoms with Gasteiger partial charge in [-0.2, -0.15) is 0 Å². The minimum atomic E-state index is -3.20. The maximum atomic E-state index is 12.0. The Morgan fingerprint density at radius 1 is 1.22 bits per heavy atom. The summed E-state index contributed by atoms with van der Waals surface area (Å²) in [6, 6.07) is 6.62. The summed E-state index contributed by atoms with van der Waals surface area (Å²) in [5, 5.41) is 0. The van der Waals surface area contributed by atoms with E-state index in [9.17, 15) is 18.0 Å². The Hall–Kier alpha value is -1.93. The summed E-state index contributed by atoms with van der Waals surface area (Å²) in [7, 11) is -0.0260. The fourth-order valence-electron chi connectivity index (χ4n) is 1.83. The molecule has 23 heavy (non-hydrogen) atoms. The van der Waals surface area contributed by atoms with Crippen molar-refractivity contribution in [3.63, 3.8) is 0 Å². The molecule has 0 spiro atoms. The van der Waals surface area contributed by atoms with Crippen molar-refractivity contribution in [2.45, 2.75) is 19.4 Å². The molecule has 0 heterocycles. The summed E-state index contributed by atoms with van der Waals surface area (Å²) in [5.41, 5.74) is 1.22. The van der Waals surface area contributed by atoms with Gasteiger partial charge in [-0.15, -0.1) is 0 Å². The minimum absolute atomic E-state index is 0.289. The quantitative estimate of drug-likeness (QED) is 0.725. The van der Waals surface area contributed by atoms with E-state index >= 15 is 0 Å². The molecule has 0 saturated heterocycles. The van der Waals surface area contributed by atoms with Gasteiger partial charge >= 0.3 is 5.97 Å². The van der Waals surface area contributed by atoms with E-state index in [2.05, 4.69) is 4.72 Å². The Labute approximate surface area is 136 Å². The van der Waals surface area contributed by atoms with Crippen LogP contribution in [0.1, 0.15) is 22.8 Å². The lowest BCUT2D eigenvalue weighted by atomic mass is 10.1. The number of ether oxygens (including phenoxy) is 1. The number of hydrogen-bond donors (Lipinski definition) is 1. The van der Waals surface area contributed by atoms with Crippen LogP contribution in [0.4, 0.5) is 0 Å². The summed E-state index contributed by atoms with van der Waals surface area (Å²) in [6.45, 7) is 1.81. The first-order chi connectivity index (χ1) is 10.6. The molecule has 1 amide bonds. The van der Waals surface area contributed by atoms with Crippen molar-refractivity contribution in [2.24, 2.45) is 0 Å². The zero-order chi connectivity index (χ0) is 17.6. The third kappa shape index (κ3) is 6.79. The van der Waals surface area contributed by atoms with Crippen molar-refractivity contribution in [3.8, 4) is 0 Å². The molecule has 7 nitrogen and oxygen atoms in total. The Morgan fingerprint density at radius 2 is 1.78 bits per heavy atom. The van der Waals surface area contributed by atoms with E-state index < -0.39 is 22.1 Å². The molecular weight excluding hydrogens is 320 g/mol. The Kier molecular flexibility index (Phi) is 6.71. The molecule has 0 aliphatic rings. The van der Waals surface area contributed by atoms with E-state index in [0.717, 1.165) is 11.8 Å². The van der Waals surface area contributed by atoms with Crippen molar-refractivity contribution < 1.29 is 22.7 Å². The van der Waals surface area contributed by atoms with E-state index in [-0.39, 0.29) is 12.5 Å². The number of benzene rings is 1. The number of nitrogens with one attached hydrogen (secondary N) is 1. The zero-order valence-corrected chi connectivity index (χ0v) is 14.5. The summed E-state index contributed by atoms with van der Waals surface area (Å²) in [6.07, 6.45) is 0.761. The average Bonchev–Trinajstić information content (AvgIpc) is 2.45. The fourth-order valence-corrected chi connectivity index (χ4v) is 2.30. The molecule has 0 radical (unpaired) electrons. The standard InChI is InChI=1S/C15H22N2O5S/c1-11(14(18)17(2)3)22-15(19)13-7-5-12(6-8-13)9-10-16-23(4,20)21/h5-8,11,16H,9-10H2,1-4H3. The van der Waals surface area contributed by atoms with Crippen molar-refractivity contribution in [3.05, 3.63) is 35.4 Å². The van der Waals surface area contributed by atoms with Gasteiger partial charge in [0.05, 0.1) is 11.8 Å². The lowest BCUT2D eigenvalue weighted by molar-refractivity contribution is -0.137. The largest absolute Gasteiger partial charge is 0.449 e. The van der Waals surface area contributed by atoms with Gasteiger partial charge in [0.2, 0.25) is 10.0 Å². The first-order valence-corrected chi connectivity index (χ1v) is 8.95. The maximum absolute atomic E-state index is 12.0. The van der Waals surface area contributed by atoms with Crippen LogP contribution in [-0.2, 0) is 26.0 Å². The molecule has 1 rings (SSSR count). The van der Waals surface area contributed by atoms with E-state index in [4.69, 9.17) is 4.74 Å². The van der Waals surface area contributed by atoms with E-state index in [1.165, 1.54) is 11.8 Å². The smallest absolute Gasteiger partial charge is 0.338 e. The number of carbonyl (C=O) groups is 2. The highest BCUT2D eigenvalue weighted by Crippen LogP contribution is 2.08. The molecule has 0 fully saturated rings. The molecule has 0 bridgehead atoms. The normalized spacial score (nSPS) is 12.5. The molecule has 1 unspecified atom stereocenters. The molecule has 1 atom stereocenters. The molecule has 1 N–H and O–H groups in total. The van der Waals surface area contributed by atoms with Crippen LogP contribution in [0.25, 0.3) is 0 Å². The van der Waals surface area contributed by atoms with Gasteiger partial charge in [0, 0.05) is 20.6 Å². The van der Waals surface area contributed by atoms with Gasteiger partial charge in [-0.25, -0.2) is 17.9 Å². The van der Waals surface area contributed by atoms with Crippen LogP contribution in [0.3, 0.4) is 0 Å². The van der Waals surface area contributed by atoms with Crippen LogP contribution in [0.15, 0.2) is 24.3 Å². The minimum Gasteiger partial charge on any atom is -0.449 e. The second-order valence-electron chi connectivity index (χ2n) is 5.39. The second kappa shape index (κ2) is 8.07. The lowest BCUT2D eigenvalue weighted by Crippen LogP contribution is -2.34. The number of nitrogens with zero attached hydrogens (tertiary/aromatic N) is 1. The molecule has 128 valence electrons. The van der Waals surface area contributed by atoms with Crippen LogP contribution >= 0.6 is 0 Å². The molecule has 0 aliphatic heterocycles. The third-order valence-corrected chi connectivity index (χ3v) is 3.77. The van der Waals surface area contributed by atoms with Crippen molar-refractivity contribution in [1.82, 2.24) is 9.62 Å². The van der Waals surface area contributed by atoms with E-state index in [0.29, 0.717) is 12.0 Å². The number of sulfonamides is 1. The number of amides is 1. The predicted molar refractivity (Wildman–Crippen MR) is 86.6 cm³/mol. The summed E-state index contributed by atoms with van der Waals surface area (Å²) < 4.78 is 29.4. The fraction of sp³-hybridized carbons (Fsp3) is 0.467. The topological polar surface area (TPSA) is 92.8 Å². The highest BCUT2D eigenvalue weighted by molar-refractivity contribution is 7.88. The van der Waals surface area contributed by atoms with Crippen LogP contribution in [0, 0.1) is 0 Å².